The molecule has 0 aliphatic heterocycles. The maximum Gasteiger partial charge on any atom is 0.290 e. The average Bonchev–Trinajstić information content (AvgIpc) is 2.14. The van der Waals surface area contributed by atoms with Crippen molar-refractivity contribution in [2.24, 2.45) is 0 Å². The Balaban J connectivity index is 2.18. The zero-order valence-corrected chi connectivity index (χ0v) is 8.47. The summed E-state index contributed by atoms with van der Waals surface area (Å²) >= 11 is 5.86. The van der Waals surface area contributed by atoms with Crippen LogP contribution in [0.5, 0.6) is 0 Å². The Morgan fingerprint density at radius 3 is 2.93 bits per heavy atom. The van der Waals surface area contributed by atoms with Gasteiger partial charge in [-0.15, -0.1) is 11.6 Å². The summed E-state index contributed by atoms with van der Waals surface area (Å²) in [7, 11) is 0. The minimum atomic E-state index is -0.191. The molecular weight excluding hydrogens is 202 g/mol. The van der Waals surface area contributed by atoms with Crippen molar-refractivity contribution in [1.29, 1.82) is 0 Å². The Morgan fingerprint density at radius 2 is 2.43 bits per heavy atom. The van der Waals surface area contributed by atoms with Gasteiger partial charge in [-0.25, -0.2) is 4.98 Å². The summed E-state index contributed by atoms with van der Waals surface area (Å²) in [5.41, 5.74) is -0.299. The minimum absolute atomic E-state index is 0.108. The molecule has 0 spiro atoms. The zero-order valence-electron chi connectivity index (χ0n) is 7.72. The van der Waals surface area contributed by atoms with Crippen molar-refractivity contribution in [2.45, 2.75) is 24.8 Å². The first kappa shape index (κ1) is 9.52. The largest absolute Gasteiger partial charge is 0.359 e. The molecule has 0 bridgehead atoms. The first-order valence-electron chi connectivity index (χ1n) is 4.64. The number of anilines is 1. The van der Waals surface area contributed by atoms with Gasteiger partial charge < -0.3 is 10.3 Å². The van der Waals surface area contributed by atoms with Crippen molar-refractivity contribution >= 4 is 17.4 Å². The van der Waals surface area contributed by atoms with E-state index >= 15 is 0 Å². The third-order valence-electron chi connectivity index (χ3n) is 2.66. The summed E-state index contributed by atoms with van der Waals surface area (Å²) < 4.78 is 0. The summed E-state index contributed by atoms with van der Waals surface area (Å²) in [5, 5.41) is 3.12. The molecule has 1 fully saturated rings. The van der Waals surface area contributed by atoms with Gasteiger partial charge >= 0.3 is 0 Å². The number of aromatic nitrogens is 2. The highest BCUT2D eigenvalue weighted by Crippen LogP contribution is 2.35. The van der Waals surface area contributed by atoms with Gasteiger partial charge in [0.2, 0.25) is 0 Å². The van der Waals surface area contributed by atoms with Crippen LogP contribution in [0.2, 0.25) is 0 Å². The van der Waals surface area contributed by atoms with Gasteiger partial charge in [0.25, 0.3) is 5.56 Å². The number of aromatic amines is 1. The second-order valence-corrected chi connectivity index (χ2v) is 3.93. The molecule has 0 amide bonds. The number of alkyl halides is 1. The van der Waals surface area contributed by atoms with E-state index in [4.69, 9.17) is 11.6 Å². The summed E-state index contributed by atoms with van der Waals surface area (Å²) in [6.07, 6.45) is 6.25. The summed E-state index contributed by atoms with van der Waals surface area (Å²) in [5.74, 6) is 0.885. The molecule has 1 aromatic heterocycles. The van der Waals surface area contributed by atoms with Gasteiger partial charge in [0.05, 0.1) is 5.54 Å². The predicted molar refractivity (Wildman–Crippen MR) is 55.8 cm³/mol. The van der Waals surface area contributed by atoms with Crippen LogP contribution in [0, 0.1) is 0 Å². The van der Waals surface area contributed by atoms with Gasteiger partial charge in [-0.05, 0) is 19.3 Å². The van der Waals surface area contributed by atoms with Crippen LogP contribution in [0.4, 0.5) is 5.82 Å². The molecule has 1 aromatic rings. The summed E-state index contributed by atoms with van der Waals surface area (Å²) in [6, 6.07) is 0. The fourth-order valence-corrected chi connectivity index (χ4v) is 1.92. The van der Waals surface area contributed by atoms with E-state index in [1.54, 1.807) is 6.20 Å². The second-order valence-electron chi connectivity index (χ2n) is 3.66. The van der Waals surface area contributed by atoms with Gasteiger partial charge in [0.15, 0.2) is 5.82 Å². The molecule has 1 saturated carbocycles. The highest BCUT2D eigenvalue weighted by Gasteiger charge is 2.36. The number of hydrogen-bond acceptors (Lipinski definition) is 3. The maximum atomic E-state index is 11.3. The van der Waals surface area contributed by atoms with E-state index in [1.807, 2.05) is 0 Å². The molecule has 1 aliphatic carbocycles. The molecule has 0 unspecified atom stereocenters. The normalized spacial score (nSPS) is 18.6. The van der Waals surface area contributed by atoms with Gasteiger partial charge in [0.1, 0.15) is 0 Å². The molecule has 1 heterocycles. The summed E-state index contributed by atoms with van der Waals surface area (Å²) in [6.45, 7) is 0. The topological polar surface area (TPSA) is 57.8 Å². The molecule has 0 atom stereocenters. The van der Waals surface area contributed by atoms with Crippen molar-refractivity contribution in [3.63, 3.8) is 0 Å². The van der Waals surface area contributed by atoms with Crippen LogP contribution in [0.15, 0.2) is 17.2 Å². The maximum absolute atomic E-state index is 11.3. The number of hydrogen-bond donors (Lipinski definition) is 2. The lowest BCUT2D eigenvalue weighted by Gasteiger charge is -2.41. The Kier molecular flexibility index (Phi) is 2.46. The zero-order chi connectivity index (χ0) is 10.0. The molecule has 5 heteroatoms. The van der Waals surface area contributed by atoms with Crippen LogP contribution < -0.4 is 10.9 Å². The Morgan fingerprint density at radius 1 is 1.64 bits per heavy atom. The lowest BCUT2D eigenvalue weighted by molar-refractivity contribution is 0.310. The van der Waals surface area contributed by atoms with Gasteiger partial charge in [-0.3, -0.25) is 4.79 Å². The van der Waals surface area contributed by atoms with Crippen LogP contribution in [0.3, 0.4) is 0 Å². The van der Waals surface area contributed by atoms with Gasteiger partial charge in [-0.1, -0.05) is 0 Å². The minimum Gasteiger partial charge on any atom is -0.359 e. The highest BCUT2D eigenvalue weighted by atomic mass is 35.5. The van der Waals surface area contributed by atoms with Crippen LogP contribution in [0.1, 0.15) is 19.3 Å². The van der Waals surface area contributed by atoms with Crippen LogP contribution >= 0.6 is 11.6 Å². The third-order valence-corrected chi connectivity index (χ3v) is 3.17. The monoisotopic (exact) mass is 213 g/mol. The van der Waals surface area contributed by atoms with Crippen molar-refractivity contribution in [3.8, 4) is 0 Å². The lowest BCUT2D eigenvalue weighted by Crippen LogP contribution is -2.48. The lowest BCUT2D eigenvalue weighted by atomic mass is 9.78. The molecule has 0 aromatic carbocycles. The predicted octanol–water partition coefficient (Wildman–Crippen LogP) is 1.34. The molecule has 1 aliphatic rings. The van der Waals surface area contributed by atoms with E-state index in [9.17, 15) is 4.79 Å². The number of nitrogens with zero attached hydrogens (tertiary/aromatic N) is 1. The molecule has 2 rings (SSSR count). The third kappa shape index (κ3) is 1.62. The van der Waals surface area contributed by atoms with E-state index in [0.717, 1.165) is 19.3 Å². The molecule has 4 nitrogen and oxygen atoms in total. The molecule has 0 radical (unpaired) electrons. The van der Waals surface area contributed by atoms with Crippen molar-refractivity contribution in [3.05, 3.63) is 22.7 Å². The van der Waals surface area contributed by atoms with E-state index in [1.165, 1.54) is 6.20 Å². The number of halogens is 1. The molecular formula is C9H12ClN3O. The first-order chi connectivity index (χ1) is 6.76. The van der Waals surface area contributed by atoms with Crippen LogP contribution in [0.25, 0.3) is 0 Å². The SMILES string of the molecule is O=c1[nH]ccnc1NC1(CCl)CCC1. The van der Waals surface area contributed by atoms with Crippen molar-refractivity contribution in [1.82, 2.24) is 9.97 Å². The molecule has 76 valence electrons. The van der Waals surface area contributed by atoms with E-state index in [0.29, 0.717) is 11.7 Å². The quantitative estimate of drug-likeness (QED) is 0.746. The van der Waals surface area contributed by atoms with Crippen LogP contribution in [-0.4, -0.2) is 21.4 Å². The standard InChI is InChI=1S/C9H12ClN3O/c10-6-9(2-1-3-9)13-7-8(14)12-5-4-11-7/h4-5H,1-3,6H2,(H,11,13)(H,12,14). The van der Waals surface area contributed by atoms with E-state index < -0.39 is 0 Å². The van der Waals surface area contributed by atoms with Crippen LogP contribution in [-0.2, 0) is 0 Å². The van der Waals surface area contributed by atoms with E-state index in [2.05, 4.69) is 15.3 Å². The smallest absolute Gasteiger partial charge is 0.290 e. The highest BCUT2D eigenvalue weighted by molar-refractivity contribution is 6.18. The van der Waals surface area contributed by atoms with Gasteiger partial charge in [0, 0.05) is 18.3 Å². The molecule has 14 heavy (non-hydrogen) atoms. The average molecular weight is 214 g/mol. The second kappa shape index (κ2) is 3.61. The Labute approximate surface area is 86.7 Å². The molecule has 2 N–H and O–H groups in total. The number of nitrogens with one attached hydrogen (secondary N) is 2. The fraction of sp³-hybridized carbons (Fsp3) is 0.556. The summed E-state index contributed by atoms with van der Waals surface area (Å²) in [4.78, 5) is 17.9. The molecule has 0 saturated heterocycles. The number of H-pyrrole nitrogens is 1. The first-order valence-corrected chi connectivity index (χ1v) is 5.17. The Bertz CT molecular complexity index is 367. The Hall–Kier alpha value is -1.03. The van der Waals surface area contributed by atoms with E-state index in [-0.39, 0.29) is 11.1 Å². The van der Waals surface area contributed by atoms with Crippen molar-refractivity contribution in [2.75, 3.05) is 11.2 Å². The fourth-order valence-electron chi connectivity index (χ4n) is 1.59. The van der Waals surface area contributed by atoms with Crippen molar-refractivity contribution < 1.29 is 0 Å². The number of rotatable bonds is 3. The van der Waals surface area contributed by atoms with Gasteiger partial charge in [-0.2, -0.15) is 0 Å².